The molecule has 8 heteroatoms. The first-order valence-electron chi connectivity index (χ1n) is 9.46. The van der Waals surface area contributed by atoms with E-state index in [-0.39, 0.29) is 17.9 Å². The summed E-state index contributed by atoms with van der Waals surface area (Å²) in [7, 11) is 0. The van der Waals surface area contributed by atoms with E-state index in [1.54, 1.807) is 4.90 Å². The molecule has 0 radical (unpaired) electrons. The van der Waals surface area contributed by atoms with E-state index in [0.717, 1.165) is 25.0 Å². The Kier molecular flexibility index (Phi) is 5.38. The molecule has 0 spiro atoms. The lowest BCUT2D eigenvalue weighted by Crippen LogP contribution is -2.54. The SMILES string of the molecule is CC(C)C1(C(=O)N2CCN(c3cc(C(F)(F)F)ccn3)CC2)CC[C@@H](N)C1. The van der Waals surface area contributed by atoms with Crippen molar-refractivity contribution in [1.82, 2.24) is 9.88 Å². The number of alkyl halides is 3. The molecule has 2 heterocycles. The number of hydrogen-bond acceptors (Lipinski definition) is 4. The minimum Gasteiger partial charge on any atom is -0.353 e. The fourth-order valence-electron chi connectivity index (χ4n) is 4.30. The molecule has 3 rings (SSSR count). The zero-order valence-corrected chi connectivity index (χ0v) is 15.8. The first-order valence-corrected chi connectivity index (χ1v) is 9.46. The van der Waals surface area contributed by atoms with E-state index >= 15 is 0 Å². The summed E-state index contributed by atoms with van der Waals surface area (Å²) in [4.78, 5) is 21.0. The van der Waals surface area contributed by atoms with Crippen molar-refractivity contribution in [3.05, 3.63) is 23.9 Å². The van der Waals surface area contributed by atoms with Crippen LogP contribution in [0.5, 0.6) is 0 Å². The van der Waals surface area contributed by atoms with Gasteiger partial charge in [0.1, 0.15) is 5.82 Å². The van der Waals surface area contributed by atoms with Gasteiger partial charge in [-0.3, -0.25) is 4.79 Å². The minimum atomic E-state index is -4.39. The Labute approximate surface area is 157 Å². The standard InChI is InChI=1S/C19H27F3N4O/c1-13(2)18(5-3-15(23)12-18)17(27)26-9-7-25(8-10-26)16-11-14(4-6-24-16)19(20,21)22/h4,6,11,13,15H,3,5,7-10,12,23H2,1-2H3/t15-,18?/m1/s1. The molecule has 5 nitrogen and oxygen atoms in total. The maximum Gasteiger partial charge on any atom is 0.416 e. The Hall–Kier alpha value is -1.83. The molecule has 2 atom stereocenters. The Balaban J connectivity index is 1.68. The number of rotatable bonds is 3. The third kappa shape index (κ3) is 3.90. The van der Waals surface area contributed by atoms with Crippen molar-refractivity contribution in [1.29, 1.82) is 0 Å². The summed E-state index contributed by atoms with van der Waals surface area (Å²) in [6, 6.07) is 2.11. The van der Waals surface area contributed by atoms with E-state index < -0.39 is 17.2 Å². The number of hydrogen-bond donors (Lipinski definition) is 1. The molecule has 1 amide bonds. The molecule has 0 aromatic carbocycles. The fourth-order valence-corrected chi connectivity index (χ4v) is 4.30. The van der Waals surface area contributed by atoms with Gasteiger partial charge in [-0.15, -0.1) is 0 Å². The van der Waals surface area contributed by atoms with E-state index in [1.807, 2.05) is 4.90 Å². The van der Waals surface area contributed by atoms with Crippen LogP contribution >= 0.6 is 0 Å². The van der Waals surface area contributed by atoms with Crippen LogP contribution in [0.3, 0.4) is 0 Å². The Morgan fingerprint density at radius 2 is 1.96 bits per heavy atom. The maximum absolute atomic E-state index is 13.2. The zero-order chi connectivity index (χ0) is 19.8. The lowest BCUT2D eigenvalue weighted by molar-refractivity contribution is -0.145. The molecule has 1 saturated heterocycles. The lowest BCUT2D eigenvalue weighted by Gasteiger charge is -2.42. The highest BCUT2D eigenvalue weighted by Gasteiger charge is 2.48. The smallest absolute Gasteiger partial charge is 0.353 e. The average Bonchev–Trinajstić information content (AvgIpc) is 3.04. The van der Waals surface area contributed by atoms with Crippen LogP contribution in [0.25, 0.3) is 0 Å². The Bertz CT molecular complexity index is 686. The van der Waals surface area contributed by atoms with Crippen molar-refractivity contribution in [2.45, 2.75) is 45.3 Å². The highest BCUT2D eigenvalue weighted by Crippen LogP contribution is 2.45. The number of nitrogens with zero attached hydrogens (tertiary/aromatic N) is 3. The molecule has 1 unspecified atom stereocenters. The second-order valence-corrected chi connectivity index (χ2v) is 7.99. The van der Waals surface area contributed by atoms with Crippen molar-refractivity contribution in [3.63, 3.8) is 0 Å². The average molecular weight is 384 g/mol. The van der Waals surface area contributed by atoms with E-state index in [4.69, 9.17) is 5.73 Å². The summed E-state index contributed by atoms with van der Waals surface area (Å²) >= 11 is 0. The number of nitrogens with two attached hydrogens (primary N) is 1. The summed E-state index contributed by atoms with van der Waals surface area (Å²) in [5.41, 5.74) is 4.97. The normalized spacial score (nSPS) is 26.7. The van der Waals surface area contributed by atoms with Gasteiger partial charge in [0, 0.05) is 38.4 Å². The number of carbonyl (C=O) groups excluding carboxylic acids is 1. The van der Waals surface area contributed by atoms with Crippen LogP contribution in [0.2, 0.25) is 0 Å². The molecule has 0 bridgehead atoms. The molecule has 1 aliphatic heterocycles. The van der Waals surface area contributed by atoms with E-state index in [9.17, 15) is 18.0 Å². The zero-order valence-electron chi connectivity index (χ0n) is 15.8. The molecule has 1 aliphatic carbocycles. The number of piperazine rings is 1. The van der Waals surface area contributed by atoms with Gasteiger partial charge in [0.15, 0.2) is 0 Å². The van der Waals surface area contributed by atoms with Gasteiger partial charge in [0.2, 0.25) is 5.91 Å². The van der Waals surface area contributed by atoms with Crippen molar-refractivity contribution >= 4 is 11.7 Å². The van der Waals surface area contributed by atoms with Gasteiger partial charge < -0.3 is 15.5 Å². The second kappa shape index (κ2) is 7.30. The van der Waals surface area contributed by atoms with Crippen LogP contribution in [0.15, 0.2) is 18.3 Å². The van der Waals surface area contributed by atoms with Gasteiger partial charge in [-0.1, -0.05) is 13.8 Å². The van der Waals surface area contributed by atoms with Gasteiger partial charge in [-0.05, 0) is 37.3 Å². The maximum atomic E-state index is 13.2. The highest BCUT2D eigenvalue weighted by atomic mass is 19.4. The lowest BCUT2D eigenvalue weighted by atomic mass is 9.74. The van der Waals surface area contributed by atoms with Crippen molar-refractivity contribution in [2.24, 2.45) is 17.1 Å². The predicted molar refractivity (Wildman–Crippen MR) is 97.1 cm³/mol. The van der Waals surface area contributed by atoms with Crippen LogP contribution in [0.4, 0.5) is 19.0 Å². The van der Waals surface area contributed by atoms with Gasteiger partial charge in [0.25, 0.3) is 0 Å². The summed E-state index contributed by atoms with van der Waals surface area (Å²) in [6.07, 6.45) is -0.833. The van der Waals surface area contributed by atoms with Crippen LogP contribution in [0.1, 0.15) is 38.7 Å². The monoisotopic (exact) mass is 384 g/mol. The fraction of sp³-hybridized carbons (Fsp3) is 0.684. The molecule has 1 saturated carbocycles. The number of amides is 1. The molecule has 150 valence electrons. The topological polar surface area (TPSA) is 62.5 Å². The van der Waals surface area contributed by atoms with Gasteiger partial charge in [-0.25, -0.2) is 4.98 Å². The summed E-state index contributed by atoms with van der Waals surface area (Å²) in [6.45, 7) is 6.05. The Morgan fingerprint density at radius 1 is 1.30 bits per heavy atom. The summed E-state index contributed by atoms with van der Waals surface area (Å²) in [5.74, 6) is 0.655. The summed E-state index contributed by atoms with van der Waals surface area (Å²) in [5, 5.41) is 0. The number of anilines is 1. The first-order chi connectivity index (χ1) is 12.6. The van der Waals surface area contributed by atoms with Crippen LogP contribution in [0, 0.1) is 11.3 Å². The molecular formula is C19H27F3N4O. The Morgan fingerprint density at radius 3 is 2.48 bits per heavy atom. The van der Waals surface area contributed by atoms with Crippen molar-refractivity contribution < 1.29 is 18.0 Å². The van der Waals surface area contributed by atoms with Crippen LogP contribution in [-0.2, 0) is 11.0 Å². The van der Waals surface area contributed by atoms with E-state index in [0.29, 0.717) is 38.4 Å². The number of pyridine rings is 1. The van der Waals surface area contributed by atoms with Crippen LogP contribution in [-0.4, -0.2) is 48.0 Å². The van der Waals surface area contributed by atoms with Gasteiger partial charge >= 0.3 is 6.18 Å². The molecule has 1 aromatic rings. The third-order valence-corrected chi connectivity index (χ3v) is 6.08. The van der Waals surface area contributed by atoms with E-state index in [2.05, 4.69) is 18.8 Å². The number of carbonyl (C=O) groups is 1. The molecule has 2 N–H and O–H groups in total. The third-order valence-electron chi connectivity index (χ3n) is 6.08. The molecule has 2 fully saturated rings. The van der Waals surface area contributed by atoms with Gasteiger partial charge in [-0.2, -0.15) is 13.2 Å². The first kappa shape index (κ1) is 19.9. The highest BCUT2D eigenvalue weighted by molar-refractivity contribution is 5.83. The van der Waals surface area contributed by atoms with Crippen molar-refractivity contribution in [3.8, 4) is 0 Å². The molecular weight excluding hydrogens is 357 g/mol. The molecule has 2 aliphatic rings. The molecule has 1 aromatic heterocycles. The summed E-state index contributed by atoms with van der Waals surface area (Å²) < 4.78 is 38.7. The number of halogens is 3. The largest absolute Gasteiger partial charge is 0.416 e. The molecule has 27 heavy (non-hydrogen) atoms. The minimum absolute atomic E-state index is 0.0620. The second-order valence-electron chi connectivity index (χ2n) is 7.99. The number of aromatic nitrogens is 1. The quantitative estimate of drug-likeness (QED) is 0.871. The van der Waals surface area contributed by atoms with Gasteiger partial charge in [0.05, 0.1) is 11.0 Å². The predicted octanol–water partition coefficient (Wildman–Crippen LogP) is 2.90. The van der Waals surface area contributed by atoms with Crippen LogP contribution < -0.4 is 10.6 Å². The van der Waals surface area contributed by atoms with Crippen molar-refractivity contribution in [2.75, 3.05) is 31.1 Å². The van der Waals surface area contributed by atoms with E-state index in [1.165, 1.54) is 6.20 Å².